The number of aliphatic imine (C=N–C) groups is 1. The Hall–Kier alpha value is -2.26. The molecule has 2 N–H and O–H groups in total. The number of carbonyl (C=O) groups is 2. The maximum absolute atomic E-state index is 12.9. The quantitative estimate of drug-likeness (QED) is 0.680. The minimum absolute atomic E-state index is 0.0161. The first-order valence-corrected chi connectivity index (χ1v) is 13.1. The van der Waals surface area contributed by atoms with Gasteiger partial charge >= 0.3 is 0 Å². The van der Waals surface area contributed by atoms with Gasteiger partial charge < -0.3 is 10.6 Å². The number of hydrogen-bond donors (Lipinski definition) is 2. The summed E-state index contributed by atoms with van der Waals surface area (Å²) < 4.78 is 27.3. The molecular weight excluding hydrogens is 428 g/mol. The highest BCUT2D eigenvalue weighted by molar-refractivity contribution is 7.89. The Kier molecular flexibility index (Phi) is 6.67. The van der Waals surface area contributed by atoms with E-state index >= 15 is 0 Å². The molecule has 0 aromatic heterocycles. The molecule has 0 unspecified atom stereocenters. The van der Waals surface area contributed by atoms with E-state index in [4.69, 9.17) is 4.99 Å². The van der Waals surface area contributed by atoms with Gasteiger partial charge in [-0.2, -0.15) is 0 Å². The van der Waals surface area contributed by atoms with Crippen molar-refractivity contribution < 1.29 is 18.0 Å². The SMILES string of the molecule is CC(=O)Nc1ccc(CCS(=O)(=O)N2CCC3(CC2)N=C(C2CCCCC2)NC3=O)cc1. The minimum Gasteiger partial charge on any atom is -0.326 e. The lowest BCUT2D eigenvalue weighted by atomic mass is 9.88. The molecule has 2 heterocycles. The van der Waals surface area contributed by atoms with Gasteiger partial charge in [-0.3, -0.25) is 14.6 Å². The Morgan fingerprint density at radius 3 is 2.44 bits per heavy atom. The van der Waals surface area contributed by atoms with Crippen LogP contribution in [0.1, 0.15) is 57.4 Å². The first kappa shape index (κ1) is 22.9. The van der Waals surface area contributed by atoms with Crippen LogP contribution in [0.2, 0.25) is 0 Å². The third kappa shape index (κ3) is 5.04. The van der Waals surface area contributed by atoms with Crippen molar-refractivity contribution in [2.24, 2.45) is 10.9 Å². The summed E-state index contributed by atoms with van der Waals surface area (Å²) in [6, 6.07) is 7.20. The number of piperidine rings is 1. The average molecular weight is 461 g/mol. The van der Waals surface area contributed by atoms with Crippen molar-refractivity contribution in [1.29, 1.82) is 0 Å². The summed E-state index contributed by atoms with van der Waals surface area (Å²) in [5.41, 5.74) is 0.791. The largest absolute Gasteiger partial charge is 0.326 e. The van der Waals surface area contributed by atoms with Crippen LogP contribution in [0.15, 0.2) is 29.3 Å². The Balaban J connectivity index is 1.33. The summed E-state index contributed by atoms with van der Waals surface area (Å²) in [5.74, 6) is 0.978. The highest BCUT2D eigenvalue weighted by Crippen LogP contribution is 2.34. The molecule has 3 aliphatic rings. The van der Waals surface area contributed by atoms with E-state index in [1.807, 2.05) is 12.1 Å². The van der Waals surface area contributed by atoms with Crippen LogP contribution in [0.3, 0.4) is 0 Å². The standard InChI is InChI=1S/C23H32N4O4S/c1-17(28)24-20-9-7-18(8-10-20)11-16-32(30,31)27-14-12-23(13-15-27)22(29)25-21(26-23)19-5-3-2-4-6-19/h7-10,19H,2-6,11-16H2,1H3,(H,24,28)(H,25,26,29). The van der Waals surface area contributed by atoms with Gasteiger partial charge in [-0.15, -0.1) is 0 Å². The first-order valence-electron chi connectivity index (χ1n) is 11.5. The summed E-state index contributed by atoms with van der Waals surface area (Å²) in [4.78, 5) is 28.7. The van der Waals surface area contributed by atoms with Gasteiger partial charge in [0.2, 0.25) is 15.9 Å². The van der Waals surface area contributed by atoms with Gasteiger partial charge in [-0.05, 0) is 49.8 Å². The molecule has 4 rings (SSSR count). The highest BCUT2D eigenvalue weighted by atomic mass is 32.2. The molecule has 32 heavy (non-hydrogen) atoms. The van der Waals surface area contributed by atoms with Gasteiger partial charge in [0, 0.05) is 31.6 Å². The lowest BCUT2D eigenvalue weighted by Gasteiger charge is -2.34. The zero-order valence-corrected chi connectivity index (χ0v) is 19.4. The second kappa shape index (κ2) is 9.31. The summed E-state index contributed by atoms with van der Waals surface area (Å²) in [7, 11) is -3.42. The van der Waals surface area contributed by atoms with E-state index in [2.05, 4.69) is 10.6 Å². The molecule has 1 aliphatic carbocycles. The van der Waals surface area contributed by atoms with Gasteiger partial charge in [0.1, 0.15) is 11.4 Å². The van der Waals surface area contributed by atoms with Crippen LogP contribution in [0.4, 0.5) is 5.69 Å². The molecule has 1 saturated heterocycles. The van der Waals surface area contributed by atoms with Crippen molar-refractivity contribution in [3.63, 3.8) is 0 Å². The van der Waals surface area contributed by atoms with E-state index in [-0.39, 0.29) is 17.6 Å². The topological polar surface area (TPSA) is 108 Å². The number of rotatable bonds is 6. The van der Waals surface area contributed by atoms with E-state index < -0.39 is 15.6 Å². The van der Waals surface area contributed by atoms with Crippen molar-refractivity contribution in [1.82, 2.24) is 9.62 Å². The number of nitrogens with zero attached hydrogens (tertiary/aromatic N) is 2. The summed E-state index contributed by atoms with van der Waals surface area (Å²) >= 11 is 0. The van der Waals surface area contributed by atoms with E-state index in [1.54, 1.807) is 12.1 Å². The minimum atomic E-state index is -3.42. The van der Waals surface area contributed by atoms with Crippen LogP contribution in [-0.4, -0.2) is 54.8 Å². The monoisotopic (exact) mass is 460 g/mol. The maximum atomic E-state index is 12.9. The fraction of sp³-hybridized carbons (Fsp3) is 0.609. The summed E-state index contributed by atoms with van der Waals surface area (Å²) in [6.07, 6.45) is 7.00. The molecule has 1 spiro atoms. The molecule has 2 amide bonds. The normalized spacial score (nSPS) is 21.9. The Morgan fingerprint density at radius 1 is 1.16 bits per heavy atom. The third-order valence-corrected chi connectivity index (χ3v) is 8.73. The molecule has 9 heteroatoms. The Labute approximate surface area is 189 Å². The molecule has 1 aromatic rings. The fourth-order valence-corrected chi connectivity index (χ4v) is 6.41. The van der Waals surface area contributed by atoms with Gasteiger partial charge in [-0.25, -0.2) is 12.7 Å². The lowest BCUT2D eigenvalue weighted by Crippen LogP contribution is -2.51. The molecule has 0 radical (unpaired) electrons. The molecule has 1 saturated carbocycles. The summed E-state index contributed by atoms with van der Waals surface area (Å²) in [5, 5.41) is 5.72. The van der Waals surface area contributed by atoms with Gasteiger partial charge in [0.15, 0.2) is 0 Å². The second-order valence-electron chi connectivity index (χ2n) is 9.16. The molecule has 1 aromatic carbocycles. The van der Waals surface area contributed by atoms with Crippen molar-refractivity contribution in [2.75, 3.05) is 24.2 Å². The van der Waals surface area contributed by atoms with E-state index in [0.29, 0.717) is 44.0 Å². The first-order chi connectivity index (χ1) is 15.3. The lowest BCUT2D eigenvalue weighted by molar-refractivity contribution is -0.125. The van der Waals surface area contributed by atoms with Crippen molar-refractivity contribution in [2.45, 2.75) is 63.8 Å². The van der Waals surface area contributed by atoms with E-state index in [0.717, 1.165) is 24.2 Å². The van der Waals surface area contributed by atoms with Crippen LogP contribution in [0, 0.1) is 5.92 Å². The Morgan fingerprint density at radius 2 is 1.81 bits per heavy atom. The molecule has 0 bridgehead atoms. The number of nitrogens with one attached hydrogen (secondary N) is 2. The number of aryl methyl sites for hydroxylation is 1. The van der Waals surface area contributed by atoms with E-state index in [1.165, 1.54) is 30.5 Å². The van der Waals surface area contributed by atoms with Crippen LogP contribution >= 0.6 is 0 Å². The van der Waals surface area contributed by atoms with Gasteiger partial charge in [0.05, 0.1) is 5.75 Å². The molecule has 0 atom stereocenters. The van der Waals surface area contributed by atoms with Crippen LogP contribution in [-0.2, 0) is 26.0 Å². The predicted molar refractivity (Wildman–Crippen MR) is 124 cm³/mol. The van der Waals surface area contributed by atoms with Crippen molar-refractivity contribution in [3.8, 4) is 0 Å². The van der Waals surface area contributed by atoms with Crippen molar-refractivity contribution in [3.05, 3.63) is 29.8 Å². The zero-order chi connectivity index (χ0) is 22.8. The smallest absolute Gasteiger partial charge is 0.253 e. The fourth-order valence-electron chi connectivity index (χ4n) is 4.92. The summed E-state index contributed by atoms with van der Waals surface area (Å²) in [6.45, 7) is 2.08. The number of benzene rings is 1. The van der Waals surface area contributed by atoms with Gasteiger partial charge in [0.25, 0.3) is 5.91 Å². The van der Waals surface area contributed by atoms with Crippen LogP contribution < -0.4 is 10.6 Å². The highest BCUT2D eigenvalue weighted by Gasteiger charge is 2.48. The molecule has 174 valence electrons. The van der Waals surface area contributed by atoms with Crippen LogP contribution in [0.5, 0.6) is 0 Å². The zero-order valence-electron chi connectivity index (χ0n) is 18.6. The number of anilines is 1. The molecule has 8 nitrogen and oxygen atoms in total. The third-order valence-electron chi connectivity index (χ3n) is 6.86. The number of amidine groups is 1. The number of hydrogen-bond acceptors (Lipinski definition) is 5. The van der Waals surface area contributed by atoms with Crippen LogP contribution in [0.25, 0.3) is 0 Å². The Bertz CT molecular complexity index is 989. The number of amides is 2. The van der Waals surface area contributed by atoms with Gasteiger partial charge in [-0.1, -0.05) is 31.4 Å². The number of sulfonamides is 1. The predicted octanol–water partition coefficient (Wildman–Crippen LogP) is 2.46. The molecular formula is C23H32N4O4S. The molecule has 2 aliphatic heterocycles. The molecule has 2 fully saturated rings. The average Bonchev–Trinajstić information content (AvgIpc) is 3.09. The number of carbonyl (C=O) groups excluding carboxylic acids is 2. The van der Waals surface area contributed by atoms with E-state index in [9.17, 15) is 18.0 Å². The van der Waals surface area contributed by atoms with Crippen molar-refractivity contribution >= 4 is 33.4 Å². The second-order valence-corrected chi connectivity index (χ2v) is 11.2. The maximum Gasteiger partial charge on any atom is 0.253 e.